The van der Waals surface area contributed by atoms with E-state index in [2.05, 4.69) is 41.8 Å². The van der Waals surface area contributed by atoms with Gasteiger partial charge in [0.05, 0.1) is 0 Å². The largest absolute Gasteiger partial charge is 0.492 e. The van der Waals surface area contributed by atoms with Crippen molar-refractivity contribution in [1.82, 2.24) is 9.80 Å². The molecule has 3 rings (SSSR count). The van der Waals surface area contributed by atoms with Crippen LogP contribution in [0.2, 0.25) is 0 Å². The van der Waals surface area contributed by atoms with E-state index in [0.29, 0.717) is 0 Å². The van der Waals surface area contributed by atoms with E-state index in [-0.39, 0.29) is 0 Å². The van der Waals surface area contributed by atoms with Crippen molar-refractivity contribution in [3.8, 4) is 5.75 Å². The summed E-state index contributed by atoms with van der Waals surface area (Å²) in [5.41, 5.74) is 2.96. The third-order valence-electron chi connectivity index (χ3n) is 4.86. The van der Waals surface area contributed by atoms with Gasteiger partial charge in [-0.1, -0.05) is 26.0 Å². The van der Waals surface area contributed by atoms with Gasteiger partial charge < -0.3 is 9.64 Å². The third kappa shape index (κ3) is 4.02. The molecule has 1 fully saturated rings. The van der Waals surface area contributed by atoms with E-state index in [1.165, 1.54) is 63.1 Å². The average Bonchev–Trinajstić information content (AvgIpc) is 2.98. The van der Waals surface area contributed by atoms with Crippen LogP contribution in [-0.4, -0.2) is 55.7 Å². The minimum Gasteiger partial charge on any atom is -0.492 e. The highest BCUT2D eigenvalue weighted by Crippen LogP contribution is 2.30. The molecule has 0 aromatic heterocycles. The molecule has 0 unspecified atom stereocenters. The molecule has 3 heteroatoms. The lowest BCUT2D eigenvalue weighted by Crippen LogP contribution is -2.48. The van der Waals surface area contributed by atoms with Crippen LogP contribution in [0.4, 0.5) is 0 Å². The Bertz CT molecular complexity index is 478. The van der Waals surface area contributed by atoms with Crippen LogP contribution in [0.3, 0.4) is 0 Å². The molecule has 1 aromatic rings. The fourth-order valence-electron chi connectivity index (χ4n) is 3.72. The molecule has 1 aliphatic heterocycles. The van der Waals surface area contributed by atoms with Gasteiger partial charge in [0.1, 0.15) is 12.4 Å². The molecule has 0 bridgehead atoms. The van der Waals surface area contributed by atoms with Gasteiger partial charge in [-0.25, -0.2) is 0 Å². The molecule has 22 heavy (non-hydrogen) atoms. The van der Waals surface area contributed by atoms with E-state index in [4.69, 9.17) is 4.74 Å². The monoisotopic (exact) mass is 302 g/mol. The first kappa shape index (κ1) is 15.8. The highest BCUT2D eigenvalue weighted by molar-refractivity contribution is 5.42. The molecule has 1 saturated heterocycles. The van der Waals surface area contributed by atoms with E-state index in [1.807, 2.05) is 0 Å². The molecular formula is C19H30N2O. The maximum absolute atomic E-state index is 6.09. The molecule has 0 N–H and O–H groups in total. The van der Waals surface area contributed by atoms with E-state index >= 15 is 0 Å². The lowest BCUT2D eigenvalue weighted by Gasteiger charge is -2.35. The lowest BCUT2D eigenvalue weighted by molar-refractivity contribution is 0.109. The van der Waals surface area contributed by atoms with Crippen molar-refractivity contribution in [3.63, 3.8) is 0 Å². The highest BCUT2D eigenvalue weighted by atomic mass is 16.5. The maximum Gasteiger partial charge on any atom is 0.122 e. The summed E-state index contributed by atoms with van der Waals surface area (Å²) in [6.07, 6.45) is 3.71. The zero-order valence-electron chi connectivity index (χ0n) is 14.2. The molecular weight excluding hydrogens is 272 g/mol. The van der Waals surface area contributed by atoms with Crippen molar-refractivity contribution in [2.75, 3.05) is 45.9 Å². The van der Waals surface area contributed by atoms with Gasteiger partial charge in [-0.3, -0.25) is 4.90 Å². The topological polar surface area (TPSA) is 15.7 Å². The van der Waals surface area contributed by atoms with E-state index < -0.39 is 0 Å². The summed E-state index contributed by atoms with van der Waals surface area (Å²) in [5.74, 6) is 1.91. The average molecular weight is 302 g/mol. The van der Waals surface area contributed by atoms with Gasteiger partial charge in [-0.05, 0) is 42.4 Å². The predicted molar refractivity (Wildman–Crippen MR) is 91.7 cm³/mol. The van der Waals surface area contributed by atoms with Crippen LogP contribution in [-0.2, 0) is 12.8 Å². The highest BCUT2D eigenvalue weighted by Gasteiger charge is 2.18. The Balaban J connectivity index is 1.40. The van der Waals surface area contributed by atoms with Crippen LogP contribution in [0.25, 0.3) is 0 Å². The third-order valence-corrected chi connectivity index (χ3v) is 4.86. The summed E-state index contributed by atoms with van der Waals surface area (Å²) >= 11 is 0. The number of hydrogen-bond acceptors (Lipinski definition) is 3. The quantitative estimate of drug-likeness (QED) is 0.803. The second-order valence-corrected chi connectivity index (χ2v) is 7.13. The number of aryl methyl sites for hydroxylation is 1. The number of rotatable bonds is 6. The van der Waals surface area contributed by atoms with Gasteiger partial charge in [0.25, 0.3) is 0 Å². The molecule has 3 nitrogen and oxygen atoms in total. The molecule has 0 radical (unpaired) electrons. The van der Waals surface area contributed by atoms with Crippen molar-refractivity contribution in [2.24, 2.45) is 5.92 Å². The summed E-state index contributed by atoms with van der Waals surface area (Å²) in [7, 11) is 0. The number of nitrogens with zero attached hydrogens (tertiary/aromatic N) is 2. The van der Waals surface area contributed by atoms with E-state index in [1.54, 1.807) is 0 Å². The lowest BCUT2D eigenvalue weighted by atomic mass is 10.1. The molecule has 0 atom stereocenters. The number of ether oxygens (including phenoxy) is 1. The Hall–Kier alpha value is -1.06. The van der Waals surface area contributed by atoms with Crippen LogP contribution < -0.4 is 4.74 Å². The normalized spacial score (nSPS) is 19.6. The van der Waals surface area contributed by atoms with Crippen LogP contribution in [0, 0.1) is 5.92 Å². The first-order chi connectivity index (χ1) is 10.7. The van der Waals surface area contributed by atoms with E-state index in [0.717, 1.165) is 24.8 Å². The van der Waals surface area contributed by atoms with Crippen molar-refractivity contribution in [3.05, 3.63) is 29.3 Å². The maximum atomic E-state index is 6.09. The number of benzene rings is 1. The van der Waals surface area contributed by atoms with Gasteiger partial charge in [-0.15, -0.1) is 0 Å². The smallest absolute Gasteiger partial charge is 0.122 e. The molecule has 1 aromatic carbocycles. The van der Waals surface area contributed by atoms with Gasteiger partial charge in [-0.2, -0.15) is 0 Å². The summed E-state index contributed by atoms with van der Waals surface area (Å²) in [4.78, 5) is 5.13. The molecule has 0 saturated carbocycles. The molecule has 122 valence electrons. The predicted octanol–water partition coefficient (Wildman–Crippen LogP) is 2.83. The van der Waals surface area contributed by atoms with E-state index in [9.17, 15) is 0 Å². The van der Waals surface area contributed by atoms with Crippen molar-refractivity contribution in [2.45, 2.75) is 33.1 Å². The Morgan fingerprint density at radius 3 is 2.59 bits per heavy atom. The Labute approximate surface area is 135 Å². The molecule has 1 heterocycles. The fraction of sp³-hybridized carbons (Fsp3) is 0.684. The standard InChI is InChI=1S/C19H30N2O/c1-16(2)15-21-11-9-20(10-12-21)13-14-22-19-8-4-6-17-5-3-7-18(17)19/h4,6,8,16H,3,5,7,9-15H2,1-2H3. The Morgan fingerprint density at radius 1 is 1.05 bits per heavy atom. The summed E-state index contributed by atoms with van der Waals surface area (Å²) in [5, 5.41) is 0. The second-order valence-electron chi connectivity index (χ2n) is 7.13. The Morgan fingerprint density at radius 2 is 1.82 bits per heavy atom. The van der Waals surface area contributed by atoms with Gasteiger partial charge in [0.15, 0.2) is 0 Å². The summed E-state index contributed by atoms with van der Waals surface area (Å²) in [6.45, 7) is 12.5. The van der Waals surface area contributed by atoms with Crippen LogP contribution in [0.5, 0.6) is 5.75 Å². The molecule has 0 spiro atoms. The number of piperazine rings is 1. The van der Waals surface area contributed by atoms with Crippen molar-refractivity contribution >= 4 is 0 Å². The SMILES string of the molecule is CC(C)CN1CCN(CCOc2cccc3c2CCC3)CC1. The zero-order chi connectivity index (χ0) is 15.4. The zero-order valence-corrected chi connectivity index (χ0v) is 14.2. The van der Waals surface area contributed by atoms with Gasteiger partial charge in [0.2, 0.25) is 0 Å². The van der Waals surface area contributed by atoms with Crippen LogP contribution >= 0.6 is 0 Å². The number of hydrogen-bond donors (Lipinski definition) is 0. The minimum atomic E-state index is 0.773. The van der Waals surface area contributed by atoms with Gasteiger partial charge in [0, 0.05) is 39.3 Å². The second kappa shape index (κ2) is 7.47. The van der Waals surface area contributed by atoms with Crippen LogP contribution in [0.1, 0.15) is 31.4 Å². The molecule has 1 aliphatic carbocycles. The molecule has 0 amide bonds. The Kier molecular flexibility index (Phi) is 5.37. The first-order valence-corrected chi connectivity index (χ1v) is 8.90. The van der Waals surface area contributed by atoms with Gasteiger partial charge >= 0.3 is 0 Å². The summed E-state index contributed by atoms with van der Waals surface area (Å²) in [6, 6.07) is 6.54. The summed E-state index contributed by atoms with van der Waals surface area (Å²) < 4.78 is 6.09. The van der Waals surface area contributed by atoms with Crippen LogP contribution in [0.15, 0.2) is 18.2 Å². The van der Waals surface area contributed by atoms with Crippen molar-refractivity contribution in [1.29, 1.82) is 0 Å². The minimum absolute atomic E-state index is 0.773. The fourth-order valence-corrected chi connectivity index (χ4v) is 3.72. The molecule has 2 aliphatic rings. The first-order valence-electron chi connectivity index (χ1n) is 8.90. The van der Waals surface area contributed by atoms with Crippen molar-refractivity contribution < 1.29 is 4.74 Å². The number of fused-ring (bicyclic) bond motifs is 1.